The highest BCUT2D eigenvalue weighted by atomic mass is 16.8. The zero-order valence-electron chi connectivity index (χ0n) is 14.8. The van der Waals surface area contributed by atoms with E-state index in [1.54, 1.807) is 0 Å². The van der Waals surface area contributed by atoms with Gasteiger partial charge in [0.1, 0.15) is 9.85 Å². The van der Waals surface area contributed by atoms with Gasteiger partial charge in [0.25, 0.3) is 5.12 Å². The molecule has 0 aromatic rings. The van der Waals surface area contributed by atoms with Crippen molar-refractivity contribution in [2.75, 3.05) is 0 Å². The van der Waals surface area contributed by atoms with E-state index in [2.05, 4.69) is 0 Å². The Kier molecular flexibility index (Phi) is 5.99. The fourth-order valence-electron chi connectivity index (χ4n) is 2.97. The van der Waals surface area contributed by atoms with Crippen LogP contribution in [0.15, 0.2) is 22.8 Å². The predicted octanol–water partition coefficient (Wildman–Crippen LogP) is -2.56. The van der Waals surface area contributed by atoms with Gasteiger partial charge in [0, 0.05) is 0 Å². The minimum absolute atomic E-state index is 2.39. The molecule has 28 heteroatoms. The molecule has 1 atom stereocenters. The van der Waals surface area contributed by atoms with E-state index >= 15 is 0 Å². The molecule has 1 unspecified atom stereocenters. The Bertz CT molecular complexity index is 1150. The minimum atomic E-state index is -6.00. The molecule has 182 valence electrons. The van der Waals surface area contributed by atoms with Gasteiger partial charge in [-0.15, -0.1) is 0 Å². The fraction of sp³-hybridized carbons (Fsp3) is 0.333. The van der Waals surface area contributed by atoms with Crippen molar-refractivity contribution in [2.45, 2.75) is 11.3 Å². The summed E-state index contributed by atoms with van der Waals surface area (Å²) >= 11 is 0. The molecule has 0 heterocycles. The van der Waals surface area contributed by atoms with Crippen LogP contribution in [0.5, 0.6) is 0 Å². The summed E-state index contributed by atoms with van der Waals surface area (Å²) in [5.74, 6) is 0. The van der Waals surface area contributed by atoms with Crippen molar-refractivity contribution in [1.29, 1.82) is 0 Å². The van der Waals surface area contributed by atoms with Crippen molar-refractivity contribution in [3.8, 4) is 0 Å². The molecule has 1 aliphatic rings. The van der Waals surface area contributed by atoms with E-state index < -0.39 is 83.8 Å². The van der Waals surface area contributed by atoms with Crippen molar-refractivity contribution in [3.05, 3.63) is 114 Å². The lowest BCUT2D eigenvalue weighted by Gasteiger charge is -2.25. The van der Waals surface area contributed by atoms with Gasteiger partial charge in [-0.3, -0.25) is 70.8 Å². The monoisotopic (exact) mass is 500 g/mol. The second kappa shape index (κ2) is 7.85. The standard InChI is InChI=1S/C6N10O18/c17-7(18)1-2(8(19)20)4(10(23)24)6(13(27)28,14(29)30)5(12(25)26,3(1)9(21)22)11(15(31)32)16(33)34. The molecule has 0 saturated carbocycles. The molecule has 0 radical (unpaired) electrons. The highest BCUT2D eigenvalue weighted by Gasteiger charge is 3.08. The van der Waals surface area contributed by atoms with Gasteiger partial charge in [0.15, 0.2) is 0 Å². The summed E-state index contributed by atoms with van der Waals surface area (Å²) in [7, 11) is 0. The molecule has 0 N–H and O–H groups in total. The summed E-state index contributed by atoms with van der Waals surface area (Å²) in [6, 6.07) is 0. The van der Waals surface area contributed by atoms with E-state index in [9.17, 15) is 91.0 Å². The largest absolute Gasteiger partial charge is 0.666 e. The van der Waals surface area contributed by atoms with Gasteiger partial charge in [-0.05, 0) is 0 Å². The van der Waals surface area contributed by atoms with Crippen molar-refractivity contribution in [2.24, 2.45) is 0 Å². The van der Waals surface area contributed by atoms with E-state index in [1.165, 1.54) is 0 Å². The number of hydrazine groups is 2. The van der Waals surface area contributed by atoms with Gasteiger partial charge in [-0.25, -0.2) is 20.2 Å². The molecular weight excluding hydrogens is 500 g/mol. The topological polar surface area (TPSA) is 391 Å². The van der Waals surface area contributed by atoms with Crippen LogP contribution in [0.25, 0.3) is 0 Å². The Morgan fingerprint density at radius 2 is 0.794 bits per heavy atom. The molecule has 1 rings (SSSR count). The van der Waals surface area contributed by atoms with Crippen LogP contribution in [-0.2, 0) is 0 Å². The van der Waals surface area contributed by atoms with E-state index in [0.29, 0.717) is 0 Å². The first kappa shape index (κ1) is 25.9. The first-order chi connectivity index (χ1) is 15.4. The third-order valence-corrected chi connectivity index (χ3v) is 3.94. The molecule has 0 aromatic heterocycles. The molecule has 0 amide bonds. The summed E-state index contributed by atoms with van der Waals surface area (Å²) in [6.07, 6.45) is 0. The third-order valence-electron chi connectivity index (χ3n) is 3.94. The van der Waals surface area contributed by atoms with Gasteiger partial charge in [-0.1, -0.05) is 0 Å². The zero-order chi connectivity index (χ0) is 27.1. The normalized spacial score (nSPS) is 19.1. The van der Waals surface area contributed by atoms with Crippen LogP contribution in [-0.4, -0.2) is 61.0 Å². The summed E-state index contributed by atoms with van der Waals surface area (Å²) in [6.45, 7) is 0. The lowest BCUT2D eigenvalue weighted by molar-refractivity contribution is -0.999. The van der Waals surface area contributed by atoms with Crippen molar-refractivity contribution in [1.82, 2.24) is 5.12 Å². The van der Waals surface area contributed by atoms with Crippen LogP contribution in [0.3, 0.4) is 0 Å². The Hall–Kier alpha value is -6.12. The number of nitro groups is 9. The highest BCUT2D eigenvalue weighted by molar-refractivity contribution is 5.40. The van der Waals surface area contributed by atoms with E-state index in [0.717, 1.165) is 0 Å². The Morgan fingerprint density at radius 1 is 0.471 bits per heavy atom. The van der Waals surface area contributed by atoms with Gasteiger partial charge in [-0.2, -0.15) is 0 Å². The summed E-state index contributed by atoms with van der Waals surface area (Å²) in [5, 5.41) is 95.4. The van der Waals surface area contributed by atoms with Crippen LogP contribution in [0, 0.1) is 91.0 Å². The molecule has 0 saturated heterocycles. The average Bonchev–Trinajstić information content (AvgIpc) is 2.63. The van der Waals surface area contributed by atoms with Crippen molar-refractivity contribution in [3.63, 3.8) is 0 Å². The van der Waals surface area contributed by atoms with Gasteiger partial charge in [0.2, 0.25) is 10.1 Å². The number of rotatable bonds is 10. The maximum absolute atomic E-state index is 11.8. The van der Waals surface area contributed by atoms with Gasteiger partial charge >= 0.3 is 34.1 Å². The fourth-order valence-corrected chi connectivity index (χ4v) is 2.97. The first-order valence-corrected chi connectivity index (χ1v) is 6.98. The Balaban J connectivity index is 5.10. The smallest absolute Gasteiger partial charge is 0.261 e. The van der Waals surface area contributed by atoms with Gasteiger partial charge in [0.05, 0.1) is 24.6 Å². The average molecular weight is 500 g/mol. The predicted molar refractivity (Wildman–Crippen MR) is 84.3 cm³/mol. The number of hydrogen-bond acceptors (Lipinski definition) is 18. The van der Waals surface area contributed by atoms with Crippen LogP contribution in [0.2, 0.25) is 0 Å². The van der Waals surface area contributed by atoms with E-state index in [4.69, 9.17) is 0 Å². The number of nitrogens with zero attached hydrogens (tertiary/aromatic N) is 10. The minimum Gasteiger partial charge on any atom is -0.261 e. The molecular formula is C6N10O18. The Labute approximate surface area is 176 Å². The van der Waals surface area contributed by atoms with Crippen molar-refractivity contribution < 1.29 is 44.5 Å². The molecule has 0 spiro atoms. The second-order valence-corrected chi connectivity index (χ2v) is 5.30. The lowest BCUT2D eigenvalue weighted by Crippen LogP contribution is -2.80. The first-order valence-electron chi connectivity index (χ1n) is 6.98. The SMILES string of the molecule is O=[N+]([O-])C1=C([N+](=O)[O-])C(N([N+](=O)[O-])[N+](=O)[O-])([N+](=O)[O-])C([N+](=O)[O-])([N+](=O)[O-])C([N+](=O)[O-])=C1[N+](=O)[O-]. The maximum Gasteiger partial charge on any atom is 0.666 e. The molecule has 1 aliphatic carbocycles. The maximum atomic E-state index is 11.8. The third kappa shape index (κ3) is 2.86. The lowest BCUT2D eigenvalue weighted by atomic mass is 9.80. The number of hydrogen-bond donors (Lipinski definition) is 0. The molecule has 0 bridgehead atoms. The van der Waals surface area contributed by atoms with Crippen LogP contribution >= 0.6 is 0 Å². The second-order valence-electron chi connectivity index (χ2n) is 5.30. The molecule has 28 nitrogen and oxygen atoms in total. The molecule has 0 aliphatic heterocycles. The zero-order valence-corrected chi connectivity index (χ0v) is 14.8. The van der Waals surface area contributed by atoms with Gasteiger partial charge < -0.3 is 0 Å². The van der Waals surface area contributed by atoms with E-state index in [-0.39, 0.29) is 0 Å². The van der Waals surface area contributed by atoms with Crippen LogP contribution in [0.4, 0.5) is 0 Å². The summed E-state index contributed by atoms with van der Waals surface area (Å²) in [4.78, 5) is 84.7. The highest BCUT2D eigenvalue weighted by Crippen LogP contribution is 2.51. The van der Waals surface area contributed by atoms with E-state index in [1.807, 2.05) is 0 Å². The molecule has 0 fully saturated rings. The van der Waals surface area contributed by atoms with Crippen LogP contribution in [0.1, 0.15) is 0 Å². The summed E-state index contributed by atoms with van der Waals surface area (Å²) < 4.78 is 0. The van der Waals surface area contributed by atoms with Crippen molar-refractivity contribution >= 4 is 0 Å². The quantitative estimate of drug-likeness (QED) is 0.169. The Morgan fingerprint density at radius 3 is 1.00 bits per heavy atom. The molecule has 0 aromatic carbocycles. The molecule has 34 heavy (non-hydrogen) atoms. The summed E-state index contributed by atoms with van der Waals surface area (Å²) in [5.41, 5.74) is -25.0. The van der Waals surface area contributed by atoms with Crippen LogP contribution < -0.4 is 0 Å².